The highest BCUT2D eigenvalue weighted by Gasteiger charge is 2.11. The van der Waals surface area contributed by atoms with Crippen molar-refractivity contribution < 1.29 is 0 Å². The van der Waals surface area contributed by atoms with E-state index in [-0.39, 0.29) is 0 Å². The van der Waals surface area contributed by atoms with Crippen molar-refractivity contribution in [2.75, 3.05) is 6.54 Å². The van der Waals surface area contributed by atoms with E-state index < -0.39 is 0 Å². The van der Waals surface area contributed by atoms with Crippen molar-refractivity contribution in [2.45, 2.75) is 45.6 Å². The third-order valence-electron chi connectivity index (χ3n) is 4.54. The summed E-state index contributed by atoms with van der Waals surface area (Å²) in [5.41, 5.74) is 7.16. The van der Waals surface area contributed by atoms with E-state index in [9.17, 15) is 0 Å². The quantitative estimate of drug-likeness (QED) is 0.820. The van der Waals surface area contributed by atoms with Crippen LogP contribution in [0.4, 0.5) is 0 Å². The first-order valence-corrected chi connectivity index (χ1v) is 8.23. The molecule has 0 radical (unpaired) electrons. The number of rotatable bonds is 5. The number of hydrogen-bond donors (Lipinski definition) is 1. The van der Waals surface area contributed by atoms with Crippen LogP contribution in [0.25, 0.3) is 11.1 Å². The van der Waals surface area contributed by atoms with Crippen molar-refractivity contribution in [1.82, 2.24) is 5.32 Å². The predicted molar refractivity (Wildman–Crippen MR) is 90.6 cm³/mol. The van der Waals surface area contributed by atoms with Gasteiger partial charge in [0.15, 0.2) is 0 Å². The lowest BCUT2D eigenvalue weighted by Gasteiger charge is -2.14. The lowest BCUT2D eigenvalue weighted by atomic mass is 9.98. The van der Waals surface area contributed by atoms with E-state index >= 15 is 0 Å². The highest BCUT2D eigenvalue weighted by Crippen LogP contribution is 2.28. The van der Waals surface area contributed by atoms with Crippen molar-refractivity contribution in [3.63, 3.8) is 0 Å². The van der Waals surface area contributed by atoms with Crippen molar-refractivity contribution >= 4 is 0 Å². The average molecular weight is 279 g/mol. The SMILES string of the molecule is CCCNC(C)c1ccc(-c2ccc3c(c2)CCC3)cc1. The molecule has 0 aromatic heterocycles. The Kier molecular flexibility index (Phi) is 4.40. The van der Waals surface area contributed by atoms with Crippen molar-refractivity contribution in [2.24, 2.45) is 0 Å². The molecule has 3 rings (SSSR count). The van der Waals surface area contributed by atoms with Crippen LogP contribution >= 0.6 is 0 Å². The summed E-state index contributed by atoms with van der Waals surface area (Å²) in [5, 5.41) is 3.54. The number of fused-ring (bicyclic) bond motifs is 1. The van der Waals surface area contributed by atoms with E-state index in [2.05, 4.69) is 61.6 Å². The third kappa shape index (κ3) is 3.19. The van der Waals surface area contributed by atoms with Gasteiger partial charge in [-0.3, -0.25) is 0 Å². The lowest BCUT2D eigenvalue weighted by molar-refractivity contribution is 0.571. The molecule has 0 saturated carbocycles. The maximum atomic E-state index is 3.54. The Morgan fingerprint density at radius 2 is 1.67 bits per heavy atom. The van der Waals surface area contributed by atoms with Gasteiger partial charge in [0.05, 0.1) is 0 Å². The fraction of sp³-hybridized carbons (Fsp3) is 0.400. The minimum absolute atomic E-state index is 0.430. The molecule has 1 unspecified atom stereocenters. The standard InChI is InChI=1S/C20H25N/c1-3-13-21-15(2)16-7-9-18(10-8-16)20-12-11-17-5-4-6-19(17)14-20/h7-12,14-15,21H,3-6,13H2,1-2H3. The summed E-state index contributed by atoms with van der Waals surface area (Å²) in [6, 6.07) is 16.4. The van der Waals surface area contributed by atoms with Crippen LogP contribution in [0.3, 0.4) is 0 Å². The fourth-order valence-corrected chi connectivity index (χ4v) is 3.19. The van der Waals surface area contributed by atoms with Crippen molar-refractivity contribution in [3.8, 4) is 11.1 Å². The van der Waals surface area contributed by atoms with Gasteiger partial charge >= 0.3 is 0 Å². The minimum atomic E-state index is 0.430. The van der Waals surface area contributed by atoms with Crippen molar-refractivity contribution in [3.05, 3.63) is 59.2 Å². The summed E-state index contributed by atoms with van der Waals surface area (Å²) in [6.07, 6.45) is 5.00. The van der Waals surface area contributed by atoms with Crippen LogP contribution in [0.5, 0.6) is 0 Å². The summed E-state index contributed by atoms with van der Waals surface area (Å²) in [4.78, 5) is 0. The van der Waals surface area contributed by atoms with E-state index in [1.165, 1.54) is 42.4 Å². The molecule has 21 heavy (non-hydrogen) atoms. The van der Waals surface area contributed by atoms with Gasteiger partial charge in [-0.1, -0.05) is 49.4 Å². The highest BCUT2D eigenvalue weighted by molar-refractivity contribution is 5.65. The topological polar surface area (TPSA) is 12.0 Å². The van der Waals surface area contributed by atoms with Crippen LogP contribution in [0.2, 0.25) is 0 Å². The molecule has 2 aromatic rings. The summed E-state index contributed by atoms with van der Waals surface area (Å²) < 4.78 is 0. The molecule has 0 aliphatic heterocycles. The lowest BCUT2D eigenvalue weighted by Crippen LogP contribution is -2.19. The van der Waals surface area contributed by atoms with Crippen LogP contribution < -0.4 is 5.32 Å². The molecule has 1 heteroatoms. The van der Waals surface area contributed by atoms with Gasteiger partial charge in [0.1, 0.15) is 0 Å². The summed E-state index contributed by atoms with van der Waals surface area (Å²) in [7, 11) is 0. The predicted octanol–water partition coefficient (Wildman–Crippen LogP) is 4.90. The molecule has 0 spiro atoms. The van der Waals surface area contributed by atoms with E-state index in [0.717, 1.165) is 6.54 Å². The van der Waals surface area contributed by atoms with Gasteiger partial charge in [0, 0.05) is 6.04 Å². The molecule has 1 nitrogen and oxygen atoms in total. The summed E-state index contributed by atoms with van der Waals surface area (Å²) >= 11 is 0. The van der Waals surface area contributed by atoms with Crippen LogP contribution in [-0.2, 0) is 12.8 Å². The molecule has 1 aliphatic carbocycles. The molecule has 2 aromatic carbocycles. The Bertz CT molecular complexity index is 598. The van der Waals surface area contributed by atoms with Crippen molar-refractivity contribution in [1.29, 1.82) is 0 Å². The molecule has 1 atom stereocenters. The van der Waals surface area contributed by atoms with E-state index in [0.29, 0.717) is 6.04 Å². The van der Waals surface area contributed by atoms with Gasteiger partial charge in [-0.05, 0) is 67.0 Å². The highest BCUT2D eigenvalue weighted by atomic mass is 14.9. The fourth-order valence-electron chi connectivity index (χ4n) is 3.19. The summed E-state index contributed by atoms with van der Waals surface area (Å²) in [5.74, 6) is 0. The molecule has 1 aliphatic rings. The van der Waals surface area contributed by atoms with Gasteiger partial charge in [-0.15, -0.1) is 0 Å². The molecule has 0 fully saturated rings. The average Bonchev–Trinajstić information content (AvgIpc) is 3.00. The largest absolute Gasteiger partial charge is 0.310 e. The van der Waals surface area contributed by atoms with Crippen LogP contribution in [-0.4, -0.2) is 6.54 Å². The number of hydrogen-bond acceptors (Lipinski definition) is 1. The van der Waals surface area contributed by atoms with E-state index in [1.54, 1.807) is 11.1 Å². The van der Waals surface area contributed by atoms with Gasteiger partial charge in [-0.25, -0.2) is 0 Å². The first-order chi connectivity index (χ1) is 10.3. The summed E-state index contributed by atoms with van der Waals surface area (Å²) in [6.45, 7) is 5.52. The molecular formula is C20H25N. The zero-order valence-electron chi connectivity index (χ0n) is 13.2. The Morgan fingerprint density at radius 1 is 0.952 bits per heavy atom. The Balaban J connectivity index is 1.77. The first kappa shape index (κ1) is 14.3. The minimum Gasteiger partial charge on any atom is -0.310 e. The number of benzene rings is 2. The molecule has 0 saturated heterocycles. The third-order valence-corrected chi connectivity index (χ3v) is 4.54. The Labute approximate surface area is 128 Å². The Hall–Kier alpha value is -1.60. The molecule has 1 N–H and O–H groups in total. The zero-order chi connectivity index (χ0) is 14.7. The van der Waals surface area contributed by atoms with Crippen LogP contribution in [0.15, 0.2) is 42.5 Å². The maximum absolute atomic E-state index is 3.54. The first-order valence-electron chi connectivity index (χ1n) is 8.23. The zero-order valence-corrected chi connectivity index (χ0v) is 13.2. The van der Waals surface area contributed by atoms with Gasteiger partial charge in [0.2, 0.25) is 0 Å². The van der Waals surface area contributed by atoms with Gasteiger partial charge < -0.3 is 5.32 Å². The van der Waals surface area contributed by atoms with Gasteiger partial charge in [-0.2, -0.15) is 0 Å². The van der Waals surface area contributed by atoms with E-state index in [1.807, 2.05) is 0 Å². The normalized spacial score (nSPS) is 15.0. The maximum Gasteiger partial charge on any atom is 0.0291 e. The molecular weight excluding hydrogens is 254 g/mol. The van der Waals surface area contributed by atoms with Crippen LogP contribution in [0, 0.1) is 0 Å². The Morgan fingerprint density at radius 3 is 2.43 bits per heavy atom. The number of aryl methyl sites for hydroxylation is 2. The van der Waals surface area contributed by atoms with Gasteiger partial charge in [0.25, 0.3) is 0 Å². The smallest absolute Gasteiger partial charge is 0.0291 e. The second kappa shape index (κ2) is 6.44. The monoisotopic (exact) mass is 279 g/mol. The molecule has 0 bridgehead atoms. The molecule has 0 amide bonds. The molecule has 110 valence electrons. The molecule has 0 heterocycles. The second-order valence-corrected chi connectivity index (χ2v) is 6.13. The number of nitrogens with one attached hydrogen (secondary N) is 1. The second-order valence-electron chi connectivity index (χ2n) is 6.13. The van der Waals surface area contributed by atoms with Crippen LogP contribution in [0.1, 0.15) is 49.4 Å². The van der Waals surface area contributed by atoms with E-state index in [4.69, 9.17) is 0 Å².